The number of rotatable bonds is 6. The molecule has 0 amide bonds. The second kappa shape index (κ2) is 12.6. The Morgan fingerprint density at radius 1 is 1.00 bits per heavy atom. The highest BCUT2D eigenvalue weighted by Crippen LogP contribution is 2.34. The van der Waals surface area contributed by atoms with Crippen molar-refractivity contribution in [2.45, 2.75) is 76.2 Å². The van der Waals surface area contributed by atoms with Crippen LogP contribution in [0.5, 0.6) is 0 Å². The first kappa shape index (κ1) is 27.1. The van der Waals surface area contributed by atoms with E-state index in [1.807, 2.05) is 12.1 Å². The zero-order valence-corrected chi connectivity index (χ0v) is 23.4. The van der Waals surface area contributed by atoms with Crippen LogP contribution in [0.15, 0.2) is 30.3 Å². The molecule has 9 heteroatoms. The van der Waals surface area contributed by atoms with E-state index in [-0.39, 0.29) is 11.2 Å². The molecule has 4 heterocycles. The van der Waals surface area contributed by atoms with Crippen molar-refractivity contribution in [2.24, 2.45) is 0 Å². The highest BCUT2D eigenvalue weighted by atomic mass is 32.1. The van der Waals surface area contributed by atoms with E-state index in [2.05, 4.69) is 33.4 Å². The summed E-state index contributed by atoms with van der Waals surface area (Å²) in [6.07, 6.45) is 10.3. The second-order valence-electron chi connectivity index (χ2n) is 11.1. The zero-order valence-electron chi connectivity index (χ0n) is 22.6. The molecule has 5 rings (SSSR count). The molecular formula is C29H41FN6OS. The molecule has 2 N–H and O–H groups in total. The van der Waals surface area contributed by atoms with Crippen LogP contribution >= 0.6 is 12.2 Å². The van der Waals surface area contributed by atoms with Crippen LogP contribution in [0.1, 0.15) is 70.3 Å². The first-order valence-corrected chi connectivity index (χ1v) is 14.7. The topological polar surface area (TPSA) is 65.5 Å². The van der Waals surface area contributed by atoms with Gasteiger partial charge in [-0.3, -0.25) is 0 Å². The number of ether oxygens (including phenoxy) is 1. The van der Waals surface area contributed by atoms with Crippen LogP contribution in [-0.4, -0.2) is 60.5 Å². The SMILES string of the molecule is C[C@@H]1CCCCN1c1cc(N2CCCCCC2)nc(NC(=S)NCC2(c3ccc(F)cc3)CCOCC2)n1. The summed E-state index contributed by atoms with van der Waals surface area (Å²) in [5, 5.41) is 7.24. The first-order chi connectivity index (χ1) is 18.5. The molecule has 0 radical (unpaired) electrons. The lowest BCUT2D eigenvalue weighted by atomic mass is 9.74. The Balaban J connectivity index is 1.33. The fourth-order valence-corrected chi connectivity index (χ4v) is 6.22. The van der Waals surface area contributed by atoms with Gasteiger partial charge in [-0.05, 0) is 81.8 Å². The second-order valence-corrected chi connectivity index (χ2v) is 11.5. The molecule has 206 valence electrons. The number of thiocarbonyl (C=S) groups is 1. The monoisotopic (exact) mass is 540 g/mol. The van der Waals surface area contributed by atoms with E-state index < -0.39 is 0 Å². The number of nitrogens with one attached hydrogen (secondary N) is 2. The third-order valence-corrected chi connectivity index (χ3v) is 8.69. The van der Waals surface area contributed by atoms with Crippen LogP contribution < -0.4 is 20.4 Å². The smallest absolute Gasteiger partial charge is 0.232 e. The quantitative estimate of drug-likeness (QED) is 0.472. The van der Waals surface area contributed by atoms with Crippen LogP contribution in [0.2, 0.25) is 0 Å². The lowest BCUT2D eigenvalue weighted by Crippen LogP contribution is -2.45. The molecule has 1 aromatic heterocycles. The van der Waals surface area contributed by atoms with E-state index in [0.29, 0.717) is 36.9 Å². The number of halogens is 1. The first-order valence-electron chi connectivity index (χ1n) is 14.3. The van der Waals surface area contributed by atoms with Gasteiger partial charge in [0.25, 0.3) is 0 Å². The summed E-state index contributed by atoms with van der Waals surface area (Å²) in [4.78, 5) is 14.7. The largest absolute Gasteiger partial charge is 0.381 e. The summed E-state index contributed by atoms with van der Waals surface area (Å²) in [6.45, 7) is 7.34. The number of piperidine rings is 1. The number of aromatic nitrogens is 2. The molecule has 3 aliphatic rings. The maximum Gasteiger partial charge on any atom is 0.232 e. The molecule has 2 aromatic rings. The molecule has 0 unspecified atom stereocenters. The fraction of sp³-hybridized carbons (Fsp3) is 0.621. The molecule has 3 aliphatic heterocycles. The Kier molecular flexibility index (Phi) is 8.94. The van der Waals surface area contributed by atoms with Crippen LogP contribution in [0, 0.1) is 5.82 Å². The van der Waals surface area contributed by atoms with E-state index in [9.17, 15) is 4.39 Å². The highest BCUT2D eigenvalue weighted by molar-refractivity contribution is 7.80. The van der Waals surface area contributed by atoms with Gasteiger partial charge in [0.05, 0.1) is 0 Å². The van der Waals surface area contributed by atoms with Gasteiger partial charge in [-0.15, -0.1) is 0 Å². The average molecular weight is 541 g/mol. The van der Waals surface area contributed by atoms with E-state index in [1.54, 1.807) is 0 Å². The molecule has 0 spiro atoms. The molecule has 0 saturated carbocycles. The van der Waals surface area contributed by atoms with Crippen molar-refractivity contribution in [2.75, 3.05) is 54.5 Å². The van der Waals surface area contributed by atoms with Crippen molar-refractivity contribution < 1.29 is 9.13 Å². The molecule has 38 heavy (non-hydrogen) atoms. The zero-order chi connectivity index (χ0) is 26.4. The number of hydrogen-bond acceptors (Lipinski definition) is 6. The van der Waals surface area contributed by atoms with Crippen molar-refractivity contribution in [3.05, 3.63) is 41.7 Å². The summed E-state index contributed by atoms with van der Waals surface area (Å²) in [6, 6.07) is 9.47. The van der Waals surface area contributed by atoms with Gasteiger partial charge in [-0.1, -0.05) is 25.0 Å². The number of hydrogen-bond donors (Lipinski definition) is 2. The van der Waals surface area contributed by atoms with Gasteiger partial charge in [0, 0.05) is 56.9 Å². The molecular weight excluding hydrogens is 499 g/mol. The Hall–Kier alpha value is -2.52. The van der Waals surface area contributed by atoms with Crippen molar-refractivity contribution >= 4 is 34.9 Å². The van der Waals surface area contributed by atoms with Crippen LogP contribution in [0.3, 0.4) is 0 Å². The van der Waals surface area contributed by atoms with E-state index in [4.69, 9.17) is 26.9 Å². The van der Waals surface area contributed by atoms with Gasteiger partial charge in [0.1, 0.15) is 17.5 Å². The van der Waals surface area contributed by atoms with E-state index >= 15 is 0 Å². The lowest BCUT2D eigenvalue weighted by Gasteiger charge is -2.38. The number of nitrogens with zero attached hydrogens (tertiary/aromatic N) is 4. The summed E-state index contributed by atoms with van der Waals surface area (Å²) in [5.74, 6) is 2.28. The maximum atomic E-state index is 13.6. The lowest BCUT2D eigenvalue weighted by molar-refractivity contribution is 0.0515. The minimum absolute atomic E-state index is 0.166. The van der Waals surface area contributed by atoms with Gasteiger partial charge in [0.15, 0.2) is 5.11 Å². The fourth-order valence-electron chi connectivity index (χ4n) is 6.05. The maximum absolute atomic E-state index is 13.6. The van der Waals surface area contributed by atoms with Crippen molar-refractivity contribution in [1.29, 1.82) is 0 Å². The van der Waals surface area contributed by atoms with E-state index in [1.165, 1.54) is 57.1 Å². The molecule has 3 saturated heterocycles. The van der Waals surface area contributed by atoms with Crippen LogP contribution in [0.25, 0.3) is 0 Å². The van der Waals surface area contributed by atoms with Gasteiger partial charge in [-0.2, -0.15) is 9.97 Å². The molecule has 7 nitrogen and oxygen atoms in total. The number of anilines is 3. The van der Waals surface area contributed by atoms with Crippen LogP contribution in [-0.2, 0) is 10.2 Å². The molecule has 1 aromatic carbocycles. The van der Waals surface area contributed by atoms with Crippen molar-refractivity contribution in [3.63, 3.8) is 0 Å². The summed E-state index contributed by atoms with van der Waals surface area (Å²) >= 11 is 5.75. The predicted octanol–water partition coefficient (Wildman–Crippen LogP) is 5.41. The third kappa shape index (κ3) is 6.54. The minimum atomic E-state index is -0.221. The standard InChI is InChI=1S/C29H41FN6OS/c1-22-8-4-7-17-36(22)26-20-25(35-15-5-2-3-6-16-35)32-27(33-26)34-28(38)31-21-29(13-18-37-19-14-29)23-9-11-24(30)12-10-23/h9-12,20,22H,2-8,13-19,21H2,1H3,(H2,31,32,33,34,38)/t22-/m1/s1. The Morgan fingerprint density at radius 3 is 2.39 bits per heavy atom. The number of benzene rings is 1. The van der Waals surface area contributed by atoms with E-state index in [0.717, 1.165) is 49.7 Å². The van der Waals surface area contributed by atoms with Gasteiger partial charge in [-0.25, -0.2) is 4.39 Å². The molecule has 3 fully saturated rings. The van der Waals surface area contributed by atoms with Crippen molar-refractivity contribution in [1.82, 2.24) is 15.3 Å². The summed E-state index contributed by atoms with van der Waals surface area (Å²) in [7, 11) is 0. The average Bonchev–Trinajstić information content (AvgIpc) is 3.23. The van der Waals surface area contributed by atoms with Crippen molar-refractivity contribution in [3.8, 4) is 0 Å². The Bertz CT molecular complexity index is 1070. The molecule has 0 bridgehead atoms. The van der Waals surface area contributed by atoms with Gasteiger partial charge >= 0.3 is 0 Å². The Morgan fingerprint density at radius 2 is 1.68 bits per heavy atom. The summed E-state index contributed by atoms with van der Waals surface area (Å²) < 4.78 is 19.3. The third-order valence-electron chi connectivity index (χ3n) is 8.45. The van der Waals surface area contributed by atoms with Crippen LogP contribution in [0.4, 0.5) is 22.0 Å². The normalized spacial score (nSPS) is 22.0. The molecule has 1 atom stereocenters. The highest BCUT2D eigenvalue weighted by Gasteiger charge is 2.34. The minimum Gasteiger partial charge on any atom is -0.381 e. The predicted molar refractivity (Wildman–Crippen MR) is 156 cm³/mol. The summed E-state index contributed by atoms with van der Waals surface area (Å²) in [5.41, 5.74) is 0.944. The van der Waals surface area contributed by atoms with Gasteiger partial charge < -0.3 is 25.2 Å². The van der Waals surface area contributed by atoms with Gasteiger partial charge in [0.2, 0.25) is 5.95 Å². The Labute approximate surface area is 231 Å². The molecule has 0 aliphatic carbocycles.